The largest absolute Gasteiger partial charge is 0.493 e. The second-order valence-electron chi connectivity index (χ2n) is 9.76. The molecule has 4 rings (SSSR count). The molecule has 1 heterocycles. The number of rotatable bonds is 8. The molecule has 0 radical (unpaired) electrons. The molecule has 2 aromatic rings. The van der Waals surface area contributed by atoms with Crippen molar-refractivity contribution in [2.75, 3.05) is 26.0 Å². The molecule has 6 nitrogen and oxygen atoms in total. The van der Waals surface area contributed by atoms with Gasteiger partial charge in [-0.25, -0.2) is 21.9 Å². The molecule has 208 valence electrons. The van der Waals surface area contributed by atoms with Crippen molar-refractivity contribution >= 4 is 27.5 Å². The van der Waals surface area contributed by atoms with Gasteiger partial charge >= 0.3 is 6.18 Å². The van der Waals surface area contributed by atoms with Crippen LogP contribution in [0.25, 0.3) is 0 Å². The van der Waals surface area contributed by atoms with Gasteiger partial charge in [0.1, 0.15) is 23.4 Å². The van der Waals surface area contributed by atoms with Gasteiger partial charge in [0.05, 0.1) is 23.4 Å². The van der Waals surface area contributed by atoms with Crippen LogP contribution in [0.5, 0.6) is 5.75 Å². The van der Waals surface area contributed by atoms with Gasteiger partial charge < -0.3 is 4.74 Å². The summed E-state index contributed by atoms with van der Waals surface area (Å²) in [5.74, 6) is -2.62. The number of sulfonamides is 1. The van der Waals surface area contributed by atoms with Gasteiger partial charge in [-0.05, 0) is 79.9 Å². The van der Waals surface area contributed by atoms with Gasteiger partial charge in [0.15, 0.2) is 0 Å². The van der Waals surface area contributed by atoms with E-state index in [0.717, 1.165) is 43.4 Å². The number of nitrogens with one attached hydrogen (secondary N) is 1. The number of likely N-dealkylation sites (tertiary alicyclic amines) is 1. The van der Waals surface area contributed by atoms with Crippen LogP contribution in [0.3, 0.4) is 0 Å². The predicted octanol–water partition coefficient (Wildman–Crippen LogP) is 5.58. The molecule has 0 spiro atoms. The monoisotopic (exact) mass is 580 g/mol. The minimum absolute atomic E-state index is 0.0484. The summed E-state index contributed by atoms with van der Waals surface area (Å²) in [5, 5.41) is -0.376. The van der Waals surface area contributed by atoms with Crippen LogP contribution in [0.15, 0.2) is 30.3 Å². The molecule has 13 heteroatoms. The van der Waals surface area contributed by atoms with Gasteiger partial charge in [0, 0.05) is 6.07 Å². The lowest BCUT2D eigenvalue weighted by atomic mass is 9.94. The average Bonchev–Trinajstić information content (AvgIpc) is 3.64. The number of carbonyl (C=O) groups excluding carboxylic acids is 1. The lowest BCUT2D eigenvalue weighted by molar-refractivity contribution is -0.190. The highest BCUT2D eigenvalue weighted by molar-refractivity contribution is 7.89. The van der Waals surface area contributed by atoms with E-state index in [1.54, 1.807) is 4.72 Å². The summed E-state index contributed by atoms with van der Waals surface area (Å²) in [6.07, 6.45) is -1.42. The van der Waals surface area contributed by atoms with E-state index < -0.39 is 45.3 Å². The van der Waals surface area contributed by atoms with Crippen molar-refractivity contribution in [1.82, 2.24) is 9.62 Å². The van der Waals surface area contributed by atoms with Crippen LogP contribution in [-0.4, -0.2) is 51.4 Å². The standard InChI is InChI=1S/C25H26ClF5N2O4S/c1-38(35,36)32-24(34)18-11-17(15-2-3-15)22(12-21(18)28)37-13-14-6-8-33(9-7-14)23(25(29,30)31)16-4-5-20(27)19(26)10-16/h4-5,10-12,14-15,23H,2-3,6-9,13H2,1H3,(H,32,34). The number of halogens is 6. The molecule has 0 bridgehead atoms. The Bertz CT molecular complexity index is 1310. The lowest BCUT2D eigenvalue weighted by Gasteiger charge is -2.38. The van der Waals surface area contributed by atoms with Crippen molar-refractivity contribution in [3.05, 3.63) is 63.7 Å². The number of nitrogens with zero attached hydrogens (tertiary/aromatic N) is 1. The fraction of sp³-hybridized carbons (Fsp3) is 0.480. The van der Waals surface area contributed by atoms with Crippen LogP contribution in [0.4, 0.5) is 22.0 Å². The van der Waals surface area contributed by atoms with Crippen molar-refractivity contribution in [3.63, 3.8) is 0 Å². The van der Waals surface area contributed by atoms with Gasteiger partial charge in [-0.15, -0.1) is 0 Å². The third kappa shape index (κ3) is 6.95. The minimum atomic E-state index is -4.59. The SMILES string of the molecule is CS(=O)(=O)NC(=O)c1cc(C2CC2)c(OCC2CCN(C(c3ccc(F)c(Cl)c3)C(F)(F)F)CC2)cc1F. The highest BCUT2D eigenvalue weighted by atomic mass is 35.5. The molecule has 2 aromatic carbocycles. The van der Waals surface area contributed by atoms with Crippen molar-refractivity contribution in [2.45, 2.75) is 43.8 Å². The number of alkyl halides is 3. The first-order chi connectivity index (χ1) is 17.7. The van der Waals surface area contributed by atoms with Crippen LogP contribution in [0.2, 0.25) is 5.02 Å². The number of hydrogen-bond acceptors (Lipinski definition) is 5. The topological polar surface area (TPSA) is 75.7 Å². The summed E-state index contributed by atoms with van der Waals surface area (Å²) in [6.45, 7) is 0.365. The number of benzene rings is 2. The van der Waals surface area contributed by atoms with E-state index in [0.29, 0.717) is 18.4 Å². The zero-order valence-electron chi connectivity index (χ0n) is 20.3. The maximum atomic E-state index is 14.7. The average molecular weight is 581 g/mol. The Labute approximate surface area is 222 Å². The summed E-state index contributed by atoms with van der Waals surface area (Å²) in [7, 11) is -3.88. The smallest absolute Gasteiger partial charge is 0.408 e. The molecule has 1 aliphatic carbocycles. The molecule has 1 saturated carbocycles. The van der Waals surface area contributed by atoms with E-state index in [2.05, 4.69) is 0 Å². The van der Waals surface area contributed by atoms with Crippen LogP contribution >= 0.6 is 11.6 Å². The lowest BCUT2D eigenvalue weighted by Crippen LogP contribution is -2.43. The van der Waals surface area contributed by atoms with Crippen LogP contribution in [0.1, 0.15) is 59.1 Å². The third-order valence-electron chi connectivity index (χ3n) is 6.70. The van der Waals surface area contributed by atoms with Gasteiger partial charge in [-0.3, -0.25) is 9.69 Å². The molecule has 0 aromatic heterocycles. The second kappa shape index (κ2) is 11.0. The minimum Gasteiger partial charge on any atom is -0.493 e. The zero-order chi connectivity index (χ0) is 27.8. The van der Waals surface area contributed by atoms with Crippen molar-refractivity contribution < 1.29 is 39.9 Å². The van der Waals surface area contributed by atoms with Crippen molar-refractivity contribution in [3.8, 4) is 5.75 Å². The zero-order valence-corrected chi connectivity index (χ0v) is 21.9. The van der Waals surface area contributed by atoms with Crippen LogP contribution < -0.4 is 9.46 Å². The van der Waals surface area contributed by atoms with Crippen molar-refractivity contribution in [1.29, 1.82) is 0 Å². The quantitative estimate of drug-likeness (QED) is 0.413. The highest BCUT2D eigenvalue weighted by Crippen LogP contribution is 2.45. The fourth-order valence-electron chi connectivity index (χ4n) is 4.68. The molecule has 1 amide bonds. The van der Waals surface area contributed by atoms with E-state index in [1.807, 2.05) is 0 Å². The number of carbonyl (C=O) groups is 1. The van der Waals surface area contributed by atoms with E-state index in [1.165, 1.54) is 11.0 Å². The Balaban J connectivity index is 1.42. The molecular formula is C25H26ClF5N2O4S. The molecule has 2 fully saturated rings. The summed E-state index contributed by atoms with van der Waals surface area (Å²) >= 11 is 5.72. The molecule has 1 atom stereocenters. The Kier molecular flexibility index (Phi) is 8.25. The first-order valence-electron chi connectivity index (χ1n) is 12.0. The Morgan fingerprint density at radius 2 is 1.76 bits per heavy atom. The predicted molar refractivity (Wildman–Crippen MR) is 131 cm³/mol. The normalized spacial score (nSPS) is 18.3. The van der Waals surface area contributed by atoms with Crippen LogP contribution in [-0.2, 0) is 10.0 Å². The van der Waals surface area contributed by atoms with E-state index in [4.69, 9.17) is 16.3 Å². The first-order valence-corrected chi connectivity index (χ1v) is 14.2. The van der Waals surface area contributed by atoms with Gasteiger partial charge in [0.25, 0.3) is 5.91 Å². The Morgan fingerprint density at radius 3 is 2.32 bits per heavy atom. The molecule has 1 aliphatic heterocycles. The van der Waals surface area contributed by atoms with E-state index in [-0.39, 0.29) is 47.9 Å². The molecule has 38 heavy (non-hydrogen) atoms. The molecule has 1 N–H and O–H groups in total. The Morgan fingerprint density at radius 1 is 1.11 bits per heavy atom. The number of amides is 1. The maximum absolute atomic E-state index is 14.7. The fourth-order valence-corrected chi connectivity index (χ4v) is 5.32. The third-order valence-corrected chi connectivity index (χ3v) is 7.54. The molecule has 1 unspecified atom stereocenters. The molecular weight excluding hydrogens is 555 g/mol. The van der Waals surface area contributed by atoms with E-state index >= 15 is 0 Å². The van der Waals surface area contributed by atoms with Gasteiger partial charge in [0.2, 0.25) is 10.0 Å². The van der Waals surface area contributed by atoms with Gasteiger partial charge in [-0.1, -0.05) is 17.7 Å². The number of piperidine rings is 1. The summed E-state index contributed by atoms with van der Waals surface area (Å²) in [4.78, 5) is 13.5. The first kappa shape index (κ1) is 28.6. The molecule has 1 saturated heterocycles. The summed E-state index contributed by atoms with van der Waals surface area (Å²) < 4.78 is 100. The summed E-state index contributed by atoms with van der Waals surface area (Å²) in [6, 6.07) is 3.43. The second-order valence-corrected chi connectivity index (χ2v) is 11.9. The maximum Gasteiger partial charge on any atom is 0.408 e. The number of ether oxygens (including phenoxy) is 1. The summed E-state index contributed by atoms with van der Waals surface area (Å²) in [5.41, 5.74) is 0.0491. The highest BCUT2D eigenvalue weighted by Gasteiger charge is 2.45. The molecule has 2 aliphatic rings. The van der Waals surface area contributed by atoms with Gasteiger partial charge in [-0.2, -0.15) is 13.2 Å². The number of hydrogen-bond donors (Lipinski definition) is 1. The Hall–Kier alpha value is -2.44. The van der Waals surface area contributed by atoms with E-state index in [9.17, 15) is 35.2 Å². The van der Waals surface area contributed by atoms with Crippen molar-refractivity contribution in [2.24, 2.45) is 5.92 Å². The van der Waals surface area contributed by atoms with Crippen LogP contribution in [0, 0.1) is 17.6 Å².